The van der Waals surface area contributed by atoms with Crippen molar-refractivity contribution in [3.05, 3.63) is 48.7 Å². The van der Waals surface area contributed by atoms with Crippen molar-refractivity contribution in [2.24, 2.45) is 0 Å². The second-order valence-corrected chi connectivity index (χ2v) is 7.67. The number of hydrogen-bond acceptors (Lipinski definition) is 7. The third kappa shape index (κ3) is 4.23. The van der Waals surface area contributed by atoms with Gasteiger partial charge in [0.15, 0.2) is 16.7 Å². The normalized spacial score (nSPS) is 14.2. The zero-order chi connectivity index (χ0) is 20.9. The molecule has 0 N–H and O–H groups in total. The first-order valence-electron chi connectivity index (χ1n) is 9.74. The Hall–Kier alpha value is -3.14. The van der Waals surface area contributed by atoms with Crippen molar-refractivity contribution in [3.63, 3.8) is 0 Å². The van der Waals surface area contributed by atoms with Crippen molar-refractivity contribution in [3.8, 4) is 11.4 Å². The zero-order valence-corrected chi connectivity index (χ0v) is 17.4. The number of amides is 2. The van der Waals surface area contributed by atoms with Crippen molar-refractivity contribution >= 4 is 23.6 Å². The Labute approximate surface area is 178 Å². The molecule has 1 saturated heterocycles. The fourth-order valence-electron chi connectivity index (χ4n) is 3.33. The minimum absolute atomic E-state index is 0.0289. The van der Waals surface area contributed by atoms with Crippen LogP contribution in [0.1, 0.15) is 17.5 Å². The van der Waals surface area contributed by atoms with E-state index in [4.69, 9.17) is 4.42 Å². The number of thioether (sulfide) groups is 1. The van der Waals surface area contributed by atoms with Crippen LogP contribution in [0.3, 0.4) is 0 Å². The van der Waals surface area contributed by atoms with Crippen LogP contribution in [-0.4, -0.2) is 73.3 Å². The Morgan fingerprint density at radius 1 is 1.07 bits per heavy atom. The zero-order valence-electron chi connectivity index (χ0n) is 16.6. The third-order valence-electron chi connectivity index (χ3n) is 4.95. The monoisotopic (exact) mass is 426 g/mol. The molecule has 10 heteroatoms. The van der Waals surface area contributed by atoms with Crippen molar-refractivity contribution in [2.45, 2.75) is 18.6 Å². The maximum absolute atomic E-state index is 12.7. The molecule has 0 spiro atoms. The molecule has 156 valence electrons. The summed E-state index contributed by atoms with van der Waals surface area (Å²) in [6.45, 7) is 4.73. The van der Waals surface area contributed by atoms with Crippen molar-refractivity contribution in [2.75, 3.05) is 31.9 Å². The quantitative estimate of drug-likeness (QED) is 0.556. The Bertz CT molecular complexity index is 997. The molecule has 3 aromatic rings. The van der Waals surface area contributed by atoms with Crippen LogP contribution in [0.15, 0.2) is 52.5 Å². The van der Waals surface area contributed by atoms with Gasteiger partial charge in [0, 0.05) is 50.7 Å². The number of aromatic nitrogens is 4. The third-order valence-corrected chi connectivity index (χ3v) is 5.90. The number of furan rings is 1. The van der Waals surface area contributed by atoms with E-state index in [9.17, 15) is 9.59 Å². The lowest BCUT2D eigenvalue weighted by molar-refractivity contribution is -0.129. The van der Waals surface area contributed by atoms with Crippen LogP contribution in [0.4, 0.5) is 0 Å². The number of nitrogens with zero attached hydrogens (tertiary/aromatic N) is 6. The van der Waals surface area contributed by atoms with Crippen LogP contribution in [0.5, 0.6) is 0 Å². The molecule has 0 aliphatic carbocycles. The van der Waals surface area contributed by atoms with Crippen LogP contribution >= 0.6 is 11.8 Å². The lowest BCUT2D eigenvalue weighted by Crippen LogP contribution is -2.51. The van der Waals surface area contributed by atoms with Crippen molar-refractivity contribution in [1.29, 1.82) is 0 Å². The molecule has 1 aliphatic rings. The summed E-state index contributed by atoms with van der Waals surface area (Å²) in [5.74, 6) is 1.26. The predicted octanol–water partition coefficient (Wildman–Crippen LogP) is 2.03. The minimum Gasteiger partial charge on any atom is -0.459 e. The summed E-state index contributed by atoms with van der Waals surface area (Å²) in [6, 6.07) is 7.12. The number of hydrogen-bond donors (Lipinski definition) is 0. The molecule has 30 heavy (non-hydrogen) atoms. The molecule has 3 aromatic heterocycles. The van der Waals surface area contributed by atoms with E-state index >= 15 is 0 Å². The molecule has 2 amide bonds. The van der Waals surface area contributed by atoms with E-state index < -0.39 is 0 Å². The number of piperazine rings is 1. The Balaban J connectivity index is 1.32. The van der Waals surface area contributed by atoms with Crippen LogP contribution in [0.2, 0.25) is 0 Å². The van der Waals surface area contributed by atoms with Gasteiger partial charge < -0.3 is 18.8 Å². The highest BCUT2D eigenvalue weighted by atomic mass is 32.2. The molecular formula is C20H22N6O3S. The summed E-state index contributed by atoms with van der Waals surface area (Å²) >= 11 is 1.38. The maximum Gasteiger partial charge on any atom is 0.289 e. The molecule has 4 heterocycles. The summed E-state index contributed by atoms with van der Waals surface area (Å²) in [7, 11) is 0. The summed E-state index contributed by atoms with van der Waals surface area (Å²) in [4.78, 5) is 32.5. The summed E-state index contributed by atoms with van der Waals surface area (Å²) < 4.78 is 7.17. The lowest BCUT2D eigenvalue weighted by atomic mass is 10.2. The molecular weight excluding hydrogens is 404 g/mol. The molecule has 0 saturated carbocycles. The molecule has 1 aliphatic heterocycles. The number of carbonyl (C=O) groups is 2. The summed E-state index contributed by atoms with van der Waals surface area (Å²) in [5, 5.41) is 9.27. The molecule has 0 radical (unpaired) electrons. The fourth-order valence-corrected chi connectivity index (χ4v) is 4.23. The highest BCUT2D eigenvalue weighted by Gasteiger charge is 2.26. The SMILES string of the molecule is CCn1c(SCC(=O)N2CCN(C(=O)c3ccco3)CC2)nnc1-c1ccncc1. The molecule has 1 fully saturated rings. The summed E-state index contributed by atoms with van der Waals surface area (Å²) in [5.41, 5.74) is 0.940. The van der Waals surface area contributed by atoms with Gasteiger partial charge in [-0.3, -0.25) is 14.6 Å². The molecule has 4 rings (SSSR count). The van der Waals surface area contributed by atoms with Crippen LogP contribution < -0.4 is 0 Å². The first-order chi connectivity index (χ1) is 14.7. The van der Waals surface area contributed by atoms with Gasteiger partial charge in [0.1, 0.15) is 0 Å². The fraction of sp³-hybridized carbons (Fsp3) is 0.350. The average Bonchev–Trinajstić information content (AvgIpc) is 3.47. The van der Waals surface area contributed by atoms with Gasteiger partial charge in [-0.2, -0.15) is 0 Å². The van der Waals surface area contributed by atoms with Crippen LogP contribution in [-0.2, 0) is 11.3 Å². The molecule has 9 nitrogen and oxygen atoms in total. The smallest absolute Gasteiger partial charge is 0.289 e. The van der Waals surface area contributed by atoms with Gasteiger partial charge in [0.25, 0.3) is 5.91 Å². The number of pyridine rings is 1. The van der Waals surface area contributed by atoms with Gasteiger partial charge in [-0.1, -0.05) is 11.8 Å². The second kappa shape index (κ2) is 9.12. The maximum atomic E-state index is 12.7. The average molecular weight is 427 g/mol. The highest BCUT2D eigenvalue weighted by Crippen LogP contribution is 2.24. The summed E-state index contributed by atoms with van der Waals surface area (Å²) in [6.07, 6.45) is 4.92. The lowest BCUT2D eigenvalue weighted by Gasteiger charge is -2.34. The van der Waals surface area contributed by atoms with Crippen molar-refractivity contribution in [1.82, 2.24) is 29.5 Å². The van der Waals surface area contributed by atoms with E-state index in [-0.39, 0.29) is 17.6 Å². The first-order valence-corrected chi connectivity index (χ1v) is 10.7. The van der Waals surface area contributed by atoms with Crippen molar-refractivity contribution < 1.29 is 14.0 Å². The predicted molar refractivity (Wildman–Crippen MR) is 111 cm³/mol. The molecule has 0 bridgehead atoms. The molecule has 0 atom stereocenters. The van der Waals surface area contributed by atoms with E-state index in [1.54, 1.807) is 34.3 Å². The standard InChI is InChI=1S/C20H22N6O3S/c1-2-26-18(15-5-7-21-8-6-15)22-23-20(26)30-14-17(27)24-9-11-25(12-10-24)19(28)16-4-3-13-29-16/h3-8,13H,2,9-12,14H2,1H3. The number of rotatable bonds is 6. The van der Waals surface area contributed by atoms with Gasteiger partial charge in [0.05, 0.1) is 12.0 Å². The van der Waals surface area contributed by atoms with Gasteiger partial charge in [-0.25, -0.2) is 0 Å². The second-order valence-electron chi connectivity index (χ2n) is 6.73. The minimum atomic E-state index is -0.138. The Morgan fingerprint density at radius 3 is 2.47 bits per heavy atom. The van der Waals surface area contributed by atoms with Crippen LogP contribution in [0.25, 0.3) is 11.4 Å². The van der Waals surface area contributed by atoms with E-state index in [2.05, 4.69) is 15.2 Å². The largest absolute Gasteiger partial charge is 0.459 e. The van der Waals surface area contributed by atoms with E-state index in [1.807, 2.05) is 23.6 Å². The topological polar surface area (TPSA) is 97.4 Å². The van der Waals surface area contributed by atoms with Gasteiger partial charge in [-0.15, -0.1) is 10.2 Å². The van der Waals surface area contributed by atoms with E-state index in [0.717, 1.165) is 11.4 Å². The van der Waals surface area contributed by atoms with Gasteiger partial charge in [0.2, 0.25) is 5.91 Å². The number of carbonyl (C=O) groups excluding carboxylic acids is 2. The van der Waals surface area contributed by atoms with Gasteiger partial charge >= 0.3 is 0 Å². The van der Waals surface area contributed by atoms with E-state index in [1.165, 1.54) is 18.0 Å². The van der Waals surface area contributed by atoms with Crippen LogP contribution in [0, 0.1) is 0 Å². The highest BCUT2D eigenvalue weighted by molar-refractivity contribution is 7.99. The Kier molecular flexibility index (Phi) is 6.12. The molecule has 0 unspecified atom stereocenters. The first kappa shape index (κ1) is 20.1. The Morgan fingerprint density at radius 2 is 1.80 bits per heavy atom. The van der Waals surface area contributed by atoms with E-state index in [0.29, 0.717) is 43.6 Å². The van der Waals surface area contributed by atoms with Gasteiger partial charge in [-0.05, 0) is 31.2 Å². The molecule has 0 aromatic carbocycles.